The van der Waals surface area contributed by atoms with Gasteiger partial charge >= 0.3 is 0 Å². The molecule has 2 rings (SSSR count). The van der Waals surface area contributed by atoms with Crippen molar-refractivity contribution < 1.29 is 19.4 Å². The number of hydrogen-bond acceptors (Lipinski definition) is 4. The third kappa shape index (κ3) is 4.33. The number of hydrogen-bond donors (Lipinski definition) is 1. The lowest BCUT2D eigenvalue weighted by Gasteiger charge is -2.29. The van der Waals surface area contributed by atoms with E-state index < -0.39 is 23.1 Å². The quantitative estimate of drug-likeness (QED) is 0.752. The minimum Gasteiger partial charge on any atom is -0.503 e. The van der Waals surface area contributed by atoms with Gasteiger partial charge in [0.2, 0.25) is 0 Å². The van der Waals surface area contributed by atoms with Crippen LogP contribution in [0.3, 0.4) is 0 Å². The van der Waals surface area contributed by atoms with Gasteiger partial charge in [-0.25, -0.2) is 0 Å². The molecule has 5 heteroatoms. The zero-order valence-electron chi connectivity index (χ0n) is 16.3. The normalized spacial score (nSPS) is 18.2. The lowest BCUT2D eigenvalue weighted by molar-refractivity contribution is -0.129. The Labute approximate surface area is 155 Å². The maximum absolute atomic E-state index is 12.9. The Hall–Kier alpha value is -2.14. The molecule has 1 amide bonds. The summed E-state index contributed by atoms with van der Waals surface area (Å²) in [6.07, 6.45) is 0.760. The molecule has 1 N–H and O–H groups in total. The molecule has 0 saturated carbocycles. The molecule has 0 bridgehead atoms. The van der Waals surface area contributed by atoms with Crippen molar-refractivity contribution in [2.45, 2.75) is 53.2 Å². The van der Waals surface area contributed by atoms with Crippen LogP contribution in [-0.2, 0) is 14.3 Å². The number of aliphatic hydroxyl groups is 1. The van der Waals surface area contributed by atoms with Crippen molar-refractivity contribution in [3.05, 3.63) is 47.2 Å². The van der Waals surface area contributed by atoms with Crippen LogP contribution in [0.2, 0.25) is 0 Å². The minimum absolute atomic E-state index is 0.124. The van der Waals surface area contributed by atoms with E-state index in [-0.39, 0.29) is 17.5 Å². The van der Waals surface area contributed by atoms with Crippen LogP contribution in [0.25, 0.3) is 0 Å². The number of ether oxygens (including phenoxy) is 1. The fourth-order valence-electron chi connectivity index (χ4n) is 3.06. The highest BCUT2D eigenvalue weighted by Crippen LogP contribution is 2.40. The average Bonchev–Trinajstić information content (AvgIpc) is 2.82. The summed E-state index contributed by atoms with van der Waals surface area (Å²) >= 11 is 0. The molecule has 1 unspecified atom stereocenters. The number of benzene rings is 1. The second-order valence-corrected chi connectivity index (χ2v) is 7.93. The zero-order valence-corrected chi connectivity index (χ0v) is 16.3. The highest BCUT2D eigenvalue weighted by Gasteiger charge is 2.45. The summed E-state index contributed by atoms with van der Waals surface area (Å²) in [5, 5.41) is 10.5. The molecule has 26 heavy (non-hydrogen) atoms. The monoisotopic (exact) mass is 359 g/mol. The van der Waals surface area contributed by atoms with Gasteiger partial charge < -0.3 is 14.7 Å². The highest BCUT2D eigenvalue weighted by molar-refractivity contribution is 6.10. The molecular weight excluding hydrogens is 330 g/mol. The van der Waals surface area contributed by atoms with Crippen molar-refractivity contribution in [1.29, 1.82) is 0 Å². The van der Waals surface area contributed by atoms with E-state index in [9.17, 15) is 14.7 Å². The summed E-state index contributed by atoms with van der Waals surface area (Å²) in [5.74, 6) is -1.13. The molecular formula is C21H29NO4. The number of aliphatic hydroxyl groups excluding tert-OH is 1. The van der Waals surface area contributed by atoms with Gasteiger partial charge in [0.25, 0.3) is 5.91 Å². The molecule has 1 aromatic carbocycles. The first kappa shape index (κ1) is 20.2. The Bertz CT molecular complexity index is 686. The van der Waals surface area contributed by atoms with Crippen LogP contribution in [0, 0.1) is 5.41 Å². The van der Waals surface area contributed by atoms with Crippen molar-refractivity contribution >= 4 is 11.7 Å². The maximum Gasteiger partial charge on any atom is 0.290 e. The van der Waals surface area contributed by atoms with Gasteiger partial charge in [-0.15, -0.1) is 0 Å². The van der Waals surface area contributed by atoms with E-state index >= 15 is 0 Å². The Morgan fingerprint density at radius 1 is 1.23 bits per heavy atom. The van der Waals surface area contributed by atoms with E-state index in [1.807, 2.05) is 44.2 Å². The topological polar surface area (TPSA) is 66.8 Å². The summed E-state index contributed by atoms with van der Waals surface area (Å²) in [6, 6.07) is 8.82. The number of amides is 1. The van der Waals surface area contributed by atoms with Crippen molar-refractivity contribution in [2.24, 2.45) is 5.41 Å². The number of nitrogens with zero attached hydrogens (tertiary/aromatic N) is 1. The lowest BCUT2D eigenvalue weighted by Crippen LogP contribution is -2.34. The van der Waals surface area contributed by atoms with Crippen LogP contribution in [-0.4, -0.2) is 41.0 Å². The van der Waals surface area contributed by atoms with Gasteiger partial charge in [-0.1, -0.05) is 51.1 Å². The number of rotatable bonds is 7. The maximum atomic E-state index is 12.9. The van der Waals surface area contributed by atoms with E-state index in [0.29, 0.717) is 19.6 Å². The molecule has 0 fully saturated rings. The van der Waals surface area contributed by atoms with Gasteiger partial charge in [0.1, 0.15) is 0 Å². The number of Topliss-reactive ketones (excluding diaryl/α,β-unsaturated/α-hetero) is 1. The van der Waals surface area contributed by atoms with Crippen LogP contribution in [0.4, 0.5) is 0 Å². The molecule has 5 nitrogen and oxygen atoms in total. The van der Waals surface area contributed by atoms with Crippen LogP contribution in [0.1, 0.15) is 52.6 Å². The molecule has 0 aliphatic carbocycles. The SMILES string of the molecule is CC(C)OCCCN1C(=O)C(O)=C(C(=O)C(C)(C)C)C1c1ccccc1. The second-order valence-electron chi connectivity index (χ2n) is 7.93. The average molecular weight is 359 g/mol. The molecule has 0 aromatic heterocycles. The molecule has 0 saturated heterocycles. The first-order chi connectivity index (χ1) is 12.1. The molecule has 1 aliphatic rings. The van der Waals surface area contributed by atoms with Crippen molar-refractivity contribution in [3.63, 3.8) is 0 Å². The van der Waals surface area contributed by atoms with E-state index in [4.69, 9.17) is 4.74 Å². The van der Waals surface area contributed by atoms with Crippen LogP contribution < -0.4 is 0 Å². The van der Waals surface area contributed by atoms with Crippen LogP contribution in [0.15, 0.2) is 41.7 Å². The van der Waals surface area contributed by atoms with E-state index in [1.165, 1.54) is 0 Å². The summed E-state index contributed by atoms with van der Waals surface area (Å²) in [6.45, 7) is 10.2. The van der Waals surface area contributed by atoms with Gasteiger partial charge in [-0.05, 0) is 25.8 Å². The number of carbonyl (C=O) groups is 2. The molecule has 1 heterocycles. The second kappa shape index (κ2) is 8.04. The smallest absolute Gasteiger partial charge is 0.290 e. The first-order valence-electron chi connectivity index (χ1n) is 9.10. The van der Waals surface area contributed by atoms with Gasteiger partial charge in [-0.3, -0.25) is 9.59 Å². The Balaban J connectivity index is 2.34. The van der Waals surface area contributed by atoms with Crippen LogP contribution in [0.5, 0.6) is 0 Å². The molecule has 142 valence electrons. The first-order valence-corrected chi connectivity index (χ1v) is 9.10. The molecule has 0 radical (unpaired) electrons. The van der Waals surface area contributed by atoms with Crippen LogP contribution >= 0.6 is 0 Å². The van der Waals surface area contributed by atoms with E-state index in [1.54, 1.807) is 25.7 Å². The van der Waals surface area contributed by atoms with E-state index in [2.05, 4.69) is 0 Å². The standard InChI is InChI=1S/C21H29NO4/c1-14(2)26-13-9-12-22-17(15-10-7-6-8-11-15)16(18(23)20(22)25)19(24)21(3,4)5/h6-8,10-11,14,17,23H,9,12-13H2,1-5H3. The van der Waals surface area contributed by atoms with Gasteiger partial charge in [0, 0.05) is 18.6 Å². The van der Waals surface area contributed by atoms with E-state index in [0.717, 1.165) is 5.56 Å². The molecule has 1 aromatic rings. The summed E-state index contributed by atoms with van der Waals surface area (Å²) in [4.78, 5) is 27.2. The van der Waals surface area contributed by atoms with Gasteiger partial charge in [0.15, 0.2) is 11.5 Å². The van der Waals surface area contributed by atoms with Crippen molar-refractivity contribution in [2.75, 3.05) is 13.2 Å². The fraction of sp³-hybridized carbons (Fsp3) is 0.524. The van der Waals surface area contributed by atoms with Crippen molar-refractivity contribution in [1.82, 2.24) is 4.90 Å². The summed E-state index contributed by atoms with van der Waals surface area (Å²) in [7, 11) is 0. The Kier molecular flexibility index (Phi) is 6.24. The molecule has 1 atom stereocenters. The predicted molar refractivity (Wildman–Crippen MR) is 101 cm³/mol. The van der Waals surface area contributed by atoms with Gasteiger partial charge in [-0.2, -0.15) is 0 Å². The largest absolute Gasteiger partial charge is 0.503 e. The number of ketones is 1. The third-order valence-electron chi connectivity index (χ3n) is 4.34. The highest BCUT2D eigenvalue weighted by atomic mass is 16.5. The van der Waals surface area contributed by atoms with Crippen molar-refractivity contribution in [3.8, 4) is 0 Å². The fourth-order valence-corrected chi connectivity index (χ4v) is 3.06. The minimum atomic E-state index is -0.687. The van der Waals surface area contributed by atoms with Gasteiger partial charge in [0.05, 0.1) is 17.7 Å². The predicted octanol–water partition coefficient (Wildman–Crippen LogP) is 3.81. The molecule has 0 spiro atoms. The third-order valence-corrected chi connectivity index (χ3v) is 4.34. The number of carbonyl (C=O) groups excluding carboxylic acids is 2. The Morgan fingerprint density at radius 3 is 2.38 bits per heavy atom. The summed E-state index contributed by atoms with van der Waals surface area (Å²) < 4.78 is 5.55. The Morgan fingerprint density at radius 2 is 1.85 bits per heavy atom. The summed E-state index contributed by atoms with van der Waals surface area (Å²) in [5.41, 5.74) is 0.327. The molecule has 1 aliphatic heterocycles. The lowest BCUT2D eigenvalue weighted by atomic mass is 9.82. The zero-order chi connectivity index (χ0) is 19.5.